The van der Waals surface area contributed by atoms with Crippen LogP contribution in [0.25, 0.3) is 22.0 Å². The molecule has 0 radical (unpaired) electrons. The van der Waals surface area contributed by atoms with Gasteiger partial charge in [0.05, 0.1) is 17.8 Å². The SMILES string of the molecule is Cc1cc(OCCCc2c(C)n(Cc3ccc(C(=O)NS(=O)(=O)c4ccccn4)cc3)c3c(-c4c(C)nn(C)c4C)cccc23)cc(C)c1Cl. The number of hydrogen-bond acceptors (Lipinski definition) is 6. The number of carbonyl (C=O) groups is 1. The first-order valence-corrected chi connectivity index (χ1v) is 18.3. The number of carbonyl (C=O) groups excluding carboxylic acids is 1. The van der Waals surface area contributed by atoms with Gasteiger partial charge >= 0.3 is 0 Å². The first-order valence-electron chi connectivity index (χ1n) is 16.4. The molecular weight excluding hydrogens is 670 g/mol. The van der Waals surface area contributed by atoms with Crippen LogP contribution < -0.4 is 9.46 Å². The molecule has 0 saturated heterocycles. The van der Waals surface area contributed by atoms with Gasteiger partial charge in [-0.1, -0.05) is 48.0 Å². The highest BCUT2D eigenvalue weighted by molar-refractivity contribution is 7.90. The maximum atomic E-state index is 12.9. The summed E-state index contributed by atoms with van der Waals surface area (Å²) in [5.74, 6) is 0.0999. The van der Waals surface area contributed by atoms with E-state index in [9.17, 15) is 13.2 Å². The average Bonchev–Trinajstić information content (AvgIpc) is 3.51. The topological polar surface area (TPSA) is 108 Å². The van der Waals surface area contributed by atoms with Gasteiger partial charge in [0.2, 0.25) is 0 Å². The van der Waals surface area contributed by atoms with Crippen molar-refractivity contribution in [2.24, 2.45) is 7.05 Å². The number of ether oxygens (including phenoxy) is 1. The van der Waals surface area contributed by atoms with Crippen LogP contribution in [0.3, 0.4) is 0 Å². The normalized spacial score (nSPS) is 11.7. The number of nitrogens with zero attached hydrogens (tertiary/aromatic N) is 4. The van der Waals surface area contributed by atoms with E-state index in [1.807, 2.05) is 56.8 Å². The van der Waals surface area contributed by atoms with Gasteiger partial charge in [-0.15, -0.1) is 0 Å². The van der Waals surface area contributed by atoms with Crippen LogP contribution in [0.5, 0.6) is 5.75 Å². The molecule has 0 unspecified atom stereocenters. The van der Waals surface area contributed by atoms with Crippen LogP contribution >= 0.6 is 11.6 Å². The molecule has 0 atom stereocenters. The van der Waals surface area contributed by atoms with E-state index in [1.165, 1.54) is 23.2 Å². The summed E-state index contributed by atoms with van der Waals surface area (Å²) in [7, 11) is -2.13. The van der Waals surface area contributed by atoms with Crippen molar-refractivity contribution in [1.82, 2.24) is 24.1 Å². The molecule has 6 aromatic rings. The second-order valence-electron chi connectivity index (χ2n) is 12.6. The molecule has 0 bridgehead atoms. The van der Waals surface area contributed by atoms with E-state index < -0.39 is 15.9 Å². The van der Waals surface area contributed by atoms with Crippen LogP contribution in [0.2, 0.25) is 5.02 Å². The van der Waals surface area contributed by atoms with Crippen LogP contribution in [-0.2, 0) is 30.0 Å². The number of para-hydroxylation sites is 1. The van der Waals surface area contributed by atoms with E-state index in [1.54, 1.807) is 24.3 Å². The summed E-state index contributed by atoms with van der Waals surface area (Å²) < 4.78 is 37.9. The maximum absolute atomic E-state index is 12.9. The lowest BCUT2D eigenvalue weighted by molar-refractivity contribution is 0.0981. The van der Waals surface area contributed by atoms with Gasteiger partial charge in [-0.25, -0.2) is 9.71 Å². The largest absolute Gasteiger partial charge is 0.494 e. The molecule has 3 aromatic carbocycles. The number of hydrogen-bond donors (Lipinski definition) is 1. The molecule has 3 heterocycles. The van der Waals surface area contributed by atoms with Gasteiger partial charge in [0.1, 0.15) is 5.75 Å². The zero-order valence-electron chi connectivity index (χ0n) is 29.0. The van der Waals surface area contributed by atoms with Gasteiger partial charge in [0, 0.05) is 58.3 Å². The van der Waals surface area contributed by atoms with Gasteiger partial charge in [-0.05, 0) is 106 Å². The fourth-order valence-corrected chi connectivity index (χ4v) is 7.63. The summed E-state index contributed by atoms with van der Waals surface area (Å²) in [4.78, 5) is 16.8. The summed E-state index contributed by atoms with van der Waals surface area (Å²) in [6.45, 7) is 11.4. The Morgan fingerprint density at radius 2 is 1.64 bits per heavy atom. The number of pyridine rings is 1. The zero-order valence-corrected chi connectivity index (χ0v) is 30.6. The average molecular weight is 710 g/mol. The Labute approximate surface area is 297 Å². The smallest absolute Gasteiger partial charge is 0.281 e. The highest BCUT2D eigenvalue weighted by Gasteiger charge is 2.23. The number of benzene rings is 3. The second kappa shape index (κ2) is 14.1. The van der Waals surface area contributed by atoms with Crippen LogP contribution in [0.4, 0.5) is 0 Å². The molecule has 0 fully saturated rings. The zero-order chi connectivity index (χ0) is 35.7. The van der Waals surface area contributed by atoms with Crippen molar-refractivity contribution in [2.45, 2.75) is 59.0 Å². The fraction of sp³-hybridized carbons (Fsp3) is 0.256. The Bertz CT molecular complexity index is 2310. The molecule has 1 N–H and O–H groups in total. The van der Waals surface area contributed by atoms with Crippen molar-refractivity contribution in [2.75, 3.05) is 6.61 Å². The lowest BCUT2D eigenvalue weighted by Crippen LogP contribution is -2.31. The lowest BCUT2D eigenvalue weighted by Gasteiger charge is -2.13. The van der Waals surface area contributed by atoms with E-state index >= 15 is 0 Å². The molecule has 6 rings (SSSR count). The molecule has 0 aliphatic heterocycles. The van der Waals surface area contributed by atoms with Crippen molar-refractivity contribution in [3.63, 3.8) is 0 Å². The first kappa shape index (κ1) is 34.9. The second-order valence-corrected chi connectivity index (χ2v) is 14.7. The van der Waals surface area contributed by atoms with Crippen molar-refractivity contribution >= 4 is 38.4 Å². The monoisotopic (exact) mass is 709 g/mol. The number of amides is 1. The van der Waals surface area contributed by atoms with Crippen LogP contribution in [-0.4, -0.2) is 40.3 Å². The van der Waals surface area contributed by atoms with E-state index in [-0.39, 0.29) is 10.6 Å². The van der Waals surface area contributed by atoms with Gasteiger partial charge in [-0.3, -0.25) is 9.48 Å². The Balaban J connectivity index is 1.30. The Morgan fingerprint density at radius 1 is 0.920 bits per heavy atom. The quantitative estimate of drug-likeness (QED) is 0.138. The number of rotatable bonds is 11. The molecular formula is C39H40ClN5O4S. The standard InChI is InChI=1S/C39H40ClN5O4S/c1-24-21-31(22-25(2)37(24)40)49-20-10-13-32-27(4)45(38-33(32)11-9-12-34(38)36-26(3)42-44(6)28(36)5)23-29-15-17-30(18-16-29)39(46)43-50(47,48)35-14-7-8-19-41-35/h7-9,11-12,14-19,21-22H,10,13,20,23H2,1-6H3,(H,43,46). The third-order valence-corrected chi connectivity index (χ3v) is 11.0. The van der Waals surface area contributed by atoms with E-state index in [0.29, 0.717) is 13.2 Å². The molecule has 9 nitrogen and oxygen atoms in total. The molecule has 0 saturated carbocycles. The van der Waals surface area contributed by atoms with Crippen molar-refractivity contribution < 1.29 is 17.9 Å². The minimum Gasteiger partial charge on any atom is -0.494 e. The molecule has 3 aromatic heterocycles. The number of halogens is 1. The van der Waals surface area contributed by atoms with Crippen LogP contribution in [0.1, 0.15) is 56.1 Å². The van der Waals surface area contributed by atoms with Gasteiger partial charge in [0.25, 0.3) is 15.9 Å². The van der Waals surface area contributed by atoms with Gasteiger partial charge in [0.15, 0.2) is 5.03 Å². The number of fused-ring (bicyclic) bond motifs is 1. The predicted octanol–water partition coefficient (Wildman–Crippen LogP) is 7.81. The molecule has 0 aliphatic carbocycles. The Kier molecular flexibility index (Phi) is 9.87. The molecule has 1 amide bonds. The molecule has 258 valence electrons. The Hall–Kier alpha value is -4.93. The summed E-state index contributed by atoms with van der Waals surface area (Å²) in [6, 6.07) is 21.9. The molecule has 50 heavy (non-hydrogen) atoms. The van der Waals surface area contributed by atoms with Crippen molar-refractivity contribution in [1.29, 1.82) is 0 Å². The molecule has 0 aliphatic rings. The van der Waals surface area contributed by atoms with Crippen LogP contribution in [0, 0.1) is 34.6 Å². The number of aromatic nitrogens is 4. The first-order chi connectivity index (χ1) is 23.9. The third-order valence-electron chi connectivity index (χ3n) is 9.20. The minimum absolute atomic E-state index is 0.215. The van der Waals surface area contributed by atoms with Crippen molar-refractivity contribution in [3.8, 4) is 16.9 Å². The lowest BCUT2D eigenvalue weighted by atomic mass is 9.98. The minimum atomic E-state index is -4.10. The highest BCUT2D eigenvalue weighted by Crippen LogP contribution is 2.38. The number of nitrogens with one attached hydrogen (secondary N) is 1. The van der Waals surface area contributed by atoms with E-state index in [0.717, 1.165) is 74.0 Å². The Morgan fingerprint density at radius 3 is 2.28 bits per heavy atom. The van der Waals surface area contributed by atoms with Gasteiger partial charge < -0.3 is 9.30 Å². The van der Waals surface area contributed by atoms with Crippen molar-refractivity contribution in [3.05, 3.63) is 129 Å². The fourth-order valence-electron chi connectivity index (χ4n) is 6.59. The number of sulfonamides is 1. The summed E-state index contributed by atoms with van der Waals surface area (Å²) in [5, 5.41) is 6.44. The molecule has 11 heteroatoms. The van der Waals surface area contributed by atoms with Gasteiger partial charge in [-0.2, -0.15) is 13.5 Å². The summed E-state index contributed by atoms with van der Waals surface area (Å²) >= 11 is 6.36. The van der Waals surface area contributed by atoms with E-state index in [2.05, 4.69) is 46.3 Å². The highest BCUT2D eigenvalue weighted by atomic mass is 35.5. The summed E-state index contributed by atoms with van der Waals surface area (Å²) in [5.41, 5.74) is 11.0. The number of aryl methyl sites for hydroxylation is 5. The predicted molar refractivity (Wildman–Crippen MR) is 198 cm³/mol. The van der Waals surface area contributed by atoms with E-state index in [4.69, 9.17) is 21.4 Å². The maximum Gasteiger partial charge on any atom is 0.281 e. The summed E-state index contributed by atoms with van der Waals surface area (Å²) in [6.07, 6.45) is 3.01. The molecule has 0 spiro atoms. The third kappa shape index (κ3) is 6.90. The van der Waals surface area contributed by atoms with Crippen LogP contribution in [0.15, 0.2) is 84.0 Å².